The van der Waals surface area contributed by atoms with Gasteiger partial charge in [-0.3, -0.25) is 4.79 Å². The molecule has 2 N–H and O–H groups in total. The Morgan fingerprint density at radius 1 is 0.952 bits per heavy atom. The van der Waals surface area contributed by atoms with Crippen LogP contribution in [0.5, 0.6) is 0 Å². The zero-order valence-corrected chi connectivity index (χ0v) is 12.4. The number of carbonyl (C=O) groups excluding carboxylic acids is 1. The number of hydrogen-bond donors (Lipinski definition) is 2. The van der Waals surface area contributed by atoms with Crippen LogP contribution in [-0.4, -0.2) is 19.0 Å². The van der Waals surface area contributed by atoms with Crippen molar-refractivity contribution in [1.29, 1.82) is 0 Å². The van der Waals surface area contributed by atoms with Crippen molar-refractivity contribution in [2.75, 3.05) is 18.4 Å². The van der Waals surface area contributed by atoms with Gasteiger partial charge in [0.05, 0.1) is 0 Å². The topological polar surface area (TPSA) is 41.1 Å². The second-order valence-corrected chi connectivity index (χ2v) is 5.13. The number of amides is 1. The molecule has 0 fully saturated rings. The van der Waals surface area contributed by atoms with Gasteiger partial charge in [0.1, 0.15) is 0 Å². The summed E-state index contributed by atoms with van der Waals surface area (Å²) in [5.41, 5.74) is 3.53. The normalized spacial score (nSPS) is 10.1. The smallest absolute Gasteiger partial charge is 0.221 e. The van der Waals surface area contributed by atoms with Gasteiger partial charge in [-0.15, -0.1) is 0 Å². The van der Waals surface area contributed by atoms with E-state index >= 15 is 0 Å². The summed E-state index contributed by atoms with van der Waals surface area (Å²) in [6, 6.07) is 18.4. The number of carbonyl (C=O) groups is 1. The Balaban J connectivity index is 1.60. The minimum atomic E-state index is 0.0885. The quantitative estimate of drug-likeness (QED) is 0.819. The fourth-order valence-corrected chi connectivity index (χ4v) is 2.07. The molecule has 0 aromatic heterocycles. The lowest BCUT2D eigenvalue weighted by Gasteiger charge is -2.08. The van der Waals surface area contributed by atoms with E-state index in [9.17, 15) is 4.79 Å². The monoisotopic (exact) mass is 282 g/mol. The molecule has 3 heteroatoms. The Hall–Kier alpha value is -2.29. The fraction of sp³-hybridized carbons (Fsp3) is 0.278. The van der Waals surface area contributed by atoms with Crippen molar-refractivity contribution in [3.05, 3.63) is 65.7 Å². The molecule has 0 radical (unpaired) electrons. The van der Waals surface area contributed by atoms with E-state index in [1.54, 1.807) is 0 Å². The van der Waals surface area contributed by atoms with E-state index in [-0.39, 0.29) is 5.91 Å². The standard InChI is InChI=1S/C18H22N2O/c1-15-7-9-17(10-8-15)19-14-12-18(21)20-13-11-16-5-3-2-4-6-16/h2-10,19H,11-14H2,1H3,(H,20,21). The first-order valence-electron chi connectivity index (χ1n) is 7.35. The maximum Gasteiger partial charge on any atom is 0.221 e. The third kappa shape index (κ3) is 5.69. The van der Waals surface area contributed by atoms with Gasteiger partial charge in [0.2, 0.25) is 5.91 Å². The molecule has 110 valence electrons. The number of hydrogen-bond acceptors (Lipinski definition) is 2. The Labute approximate surface area is 126 Å². The SMILES string of the molecule is Cc1ccc(NCCC(=O)NCCc2ccccc2)cc1. The van der Waals surface area contributed by atoms with Crippen molar-refractivity contribution in [3.63, 3.8) is 0 Å². The molecule has 0 spiro atoms. The molecule has 0 bridgehead atoms. The van der Waals surface area contributed by atoms with E-state index in [1.165, 1.54) is 11.1 Å². The van der Waals surface area contributed by atoms with Gasteiger partial charge in [0, 0.05) is 25.2 Å². The maximum atomic E-state index is 11.7. The molecule has 0 atom stereocenters. The van der Waals surface area contributed by atoms with Crippen LogP contribution < -0.4 is 10.6 Å². The van der Waals surface area contributed by atoms with Gasteiger partial charge in [0.15, 0.2) is 0 Å². The molecular formula is C18H22N2O. The van der Waals surface area contributed by atoms with Crippen molar-refractivity contribution in [1.82, 2.24) is 5.32 Å². The third-order valence-corrected chi connectivity index (χ3v) is 3.31. The molecule has 2 rings (SSSR count). The first-order chi connectivity index (χ1) is 10.2. The number of nitrogens with one attached hydrogen (secondary N) is 2. The van der Waals surface area contributed by atoms with Crippen molar-refractivity contribution < 1.29 is 4.79 Å². The second-order valence-electron chi connectivity index (χ2n) is 5.13. The van der Waals surface area contributed by atoms with Crippen molar-refractivity contribution in [3.8, 4) is 0 Å². The van der Waals surface area contributed by atoms with Gasteiger partial charge < -0.3 is 10.6 Å². The van der Waals surface area contributed by atoms with Crippen LogP contribution in [0, 0.1) is 6.92 Å². The molecule has 0 aliphatic rings. The van der Waals surface area contributed by atoms with Crippen LogP contribution in [0.25, 0.3) is 0 Å². The average molecular weight is 282 g/mol. The fourth-order valence-electron chi connectivity index (χ4n) is 2.07. The number of anilines is 1. The Morgan fingerprint density at radius 2 is 1.67 bits per heavy atom. The molecule has 3 nitrogen and oxygen atoms in total. The summed E-state index contributed by atoms with van der Waals surface area (Å²) in [5.74, 6) is 0.0885. The zero-order valence-electron chi connectivity index (χ0n) is 12.4. The first-order valence-corrected chi connectivity index (χ1v) is 7.35. The van der Waals surface area contributed by atoms with E-state index in [4.69, 9.17) is 0 Å². The highest BCUT2D eigenvalue weighted by Crippen LogP contribution is 2.08. The molecule has 2 aromatic carbocycles. The maximum absolute atomic E-state index is 11.7. The molecule has 0 saturated heterocycles. The summed E-state index contributed by atoms with van der Waals surface area (Å²) in [6.45, 7) is 3.40. The number of benzene rings is 2. The minimum absolute atomic E-state index is 0.0885. The molecule has 2 aromatic rings. The van der Waals surface area contributed by atoms with Gasteiger partial charge in [-0.2, -0.15) is 0 Å². The van der Waals surface area contributed by atoms with Gasteiger partial charge in [-0.05, 0) is 31.0 Å². The Morgan fingerprint density at radius 3 is 2.38 bits per heavy atom. The van der Waals surface area contributed by atoms with Crippen molar-refractivity contribution in [2.45, 2.75) is 19.8 Å². The largest absolute Gasteiger partial charge is 0.385 e. The van der Waals surface area contributed by atoms with Crippen molar-refractivity contribution in [2.24, 2.45) is 0 Å². The van der Waals surface area contributed by atoms with Crippen LogP contribution in [0.2, 0.25) is 0 Å². The summed E-state index contributed by atoms with van der Waals surface area (Å²) in [6.07, 6.45) is 1.36. The van der Waals surface area contributed by atoms with Crippen molar-refractivity contribution >= 4 is 11.6 Å². The van der Waals surface area contributed by atoms with E-state index in [2.05, 4.69) is 41.8 Å². The molecule has 21 heavy (non-hydrogen) atoms. The van der Waals surface area contributed by atoms with Crippen LogP contribution in [0.3, 0.4) is 0 Å². The van der Waals surface area contributed by atoms with Crippen LogP contribution >= 0.6 is 0 Å². The van der Waals surface area contributed by atoms with Crippen LogP contribution in [0.4, 0.5) is 5.69 Å². The van der Waals surface area contributed by atoms with E-state index in [1.807, 2.05) is 30.3 Å². The molecule has 0 saturated carbocycles. The lowest BCUT2D eigenvalue weighted by atomic mass is 10.1. The molecule has 0 unspecified atom stereocenters. The molecule has 1 amide bonds. The second kappa shape index (κ2) is 8.10. The summed E-state index contributed by atoms with van der Waals surface area (Å²) < 4.78 is 0. The molecule has 0 aliphatic carbocycles. The van der Waals surface area contributed by atoms with Gasteiger partial charge in [0.25, 0.3) is 0 Å². The third-order valence-electron chi connectivity index (χ3n) is 3.31. The predicted molar refractivity (Wildman–Crippen MR) is 87.4 cm³/mol. The highest BCUT2D eigenvalue weighted by molar-refractivity contribution is 5.76. The minimum Gasteiger partial charge on any atom is -0.385 e. The molecular weight excluding hydrogens is 260 g/mol. The predicted octanol–water partition coefficient (Wildman–Crippen LogP) is 3.16. The number of rotatable bonds is 7. The highest BCUT2D eigenvalue weighted by atomic mass is 16.1. The summed E-state index contributed by atoms with van der Waals surface area (Å²) in [7, 11) is 0. The van der Waals surface area contributed by atoms with Gasteiger partial charge in [-0.25, -0.2) is 0 Å². The number of aryl methyl sites for hydroxylation is 1. The van der Waals surface area contributed by atoms with Crippen LogP contribution in [0.1, 0.15) is 17.5 Å². The Bertz CT molecular complexity index is 549. The Kier molecular flexibility index (Phi) is 5.83. The van der Waals surface area contributed by atoms with E-state index in [0.717, 1.165) is 12.1 Å². The van der Waals surface area contributed by atoms with Gasteiger partial charge >= 0.3 is 0 Å². The van der Waals surface area contributed by atoms with Crippen LogP contribution in [-0.2, 0) is 11.2 Å². The average Bonchev–Trinajstić information content (AvgIpc) is 2.50. The van der Waals surface area contributed by atoms with E-state index in [0.29, 0.717) is 19.5 Å². The zero-order chi connectivity index (χ0) is 14.9. The van der Waals surface area contributed by atoms with E-state index < -0.39 is 0 Å². The first kappa shape index (κ1) is 15.1. The summed E-state index contributed by atoms with van der Waals surface area (Å²) >= 11 is 0. The molecule has 0 aliphatic heterocycles. The van der Waals surface area contributed by atoms with Gasteiger partial charge in [-0.1, -0.05) is 48.0 Å². The summed E-state index contributed by atoms with van der Waals surface area (Å²) in [5, 5.41) is 6.20. The lowest BCUT2D eigenvalue weighted by Crippen LogP contribution is -2.27. The molecule has 0 heterocycles. The summed E-state index contributed by atoms with van der Waals surface area (Å²) in [4.78, 5) is 11.7. The lowest BCUT2D eigenvalue weighted by molar-refractivity contribution is -0.120. The highest BCUT2D eigenvalue weighted by Gasteiger charge is 2.00. The van der Waals surface area contributed by atoms with Crippen LogP contribution in [0.15, 0.2) is 54.6 Å².